The van der Waals surface area contributed by atoms with E-state index in [1.165, 1.54) is 19.3 Å². The Morgan fingerprint density at radius 3 is 2.44 bits per heavy atom. The van der Waals surface area contributed by atoms with Crippen LogP contribution < -0.4 is 0 Å². The number of nitrogens with zero attached hydrogens (tertiary/aromatic N) is 1. The van der Waals surface area contributed by atoms with Crippen molar-refractivity contribution in [2.75, 3.05) is 0 Å². The fourth-order valence-corrected chi connectivity index (χ4v) is 2.45. The Morgan fingerprint density at radius 2 is 1.94 bits per heavy atom. The van der Waals surface area contributed by atoms with Gasteiger partial charge < -0.3 is 4.74 Å². The smallest absolute Gasteiger partial charge is 0.331 e. The maximum atomic E-state index is 11.2. The van der Waals surface area contributed by atoms with E-state index in [1.807, 2.05) is 0 Å². The van der Waals surface area contributed by atoms with Gasteiger partial charge in [-0.2, -0.15) is 0 Å². The lowest BCUT2D eigenvalue weighted by Gasteiger charge is -2.53. The molecule has 0 aliphatic heterocycles. The van der Waals surface area contributed by atoms with Crippen LogP contribution in [0.2, 0.25) is 0 Å². The van der Waals surface area contributed by atoms with E-state index in [9.17, 15) is 14.5 Å². The van der Waals surface area contributed by atoms with Gasteiger partial charge in [-0.1, -0.05) is 6.42 Å². The molecule has 86 valence electrons. The molecule has 2 rings (SSSR count). The standard InChI is InChI=1S/C11H13NO4/c13-9(12-15)2-3-10(14)16-8-6-11(7-8)4-1-5-11/h2-3,8H,1,4-7H2/b3-2+. The van der Waals surface area contributed by atoms with E-state index >= 15 is 0 Å². The van der Waals surface area contributed by atoms with Gasteiger partial charge in [0.15, 0.2) is 0 Å². The van der Waals surface area contributed by atoms with Gasteiger partial charge in [-0.3, -0.25) is 4.79 Å². The van der Waals surface area contributed by atoms with Gasteiger partial charge in [-0.25, -0.2) is 4.79 Å². The zero-order valence-corrected chi connectivity index (χ0v) is 8.85. The summed E-state index contributed by atoms with van der Waals surface area (Å²) in [6.07, 6.45) is 7.40. The monoisotopic (exact) mass is 223 g/mol. The molecule has 0 N–H and O–H groups in total. The predicted molar refractivity (Wildman–Crippen MR) is 55.3 cm³/mol. The summed E-state index contributed by atoms with van der Waals surface area (Å²) in [5, 5.41) is 2.14. The highest BCUT2D eigenvalue weighted by atomic mass is 16.5. The molecule has 2 aliphatic rings. The van der Waals surface area contributed by atoms with E-state index < -0.39 is 11.9 Å². The Morgan fingerprint density at radius 1 is 1.25 bits per heavy atom. The van der Waals surface area contributed by atoms with Crippen LogP contribution in [-0.4, -0.2) is 18.0 Å². The Hall–Kier alpha value is -1.52. The van der Waals surface area contributed by atoms with Crippen molar-refractivity contribution in [1.29, 1.82) is 0 Å². The minimum Gasteiger partial charge on any atom is -0.459 e. The minimum atomic E-state index is -0.971. The predicted octanol–water partition coefficient (Wildman–Crippen LogP) is 1.71. The van der Waals surface area contributed by atoms with Gasteiger partial charge in [0.1, 0.15) is 6.10 Å². The van der Waals surface area contributed by atoms with E-state index in [0.29, 0.717) is 5.41 Å². The van der Waals surface area contributed by atoms with E-state index in [0.717, 1.165) is 25.0 Å². The third-order valence-corrected chi connectivity index (χ3v) is 3.47. The summed E-state index contributed by atoms with van der Waals surface area (Å²) in [5.41, 5.74) is 0.453. The van der Waals surface area contributed by atoms with Crippen LogP contribution >= 0.6 is 0 Å². The Labute approximate surface area is 92.8 Å². The summed E-state index contributed by atoms with van der Waals surface area (Å²) in [5.74, 6) is -1.54. The minimum absolute atomic E-state index is 0.0169. The highest BCUT2D eigenvalue weighted by Gasteiger charge is 2.49. The zero-order chi connectivity index (χ0) is 11.6. The first-order valence-electron chi connectivity index (χ1n) is 5.40. The van der Waals surface area contributed by atoms with Crippen LogP contribution in [0.25, 0.3) is 0 Å². The van der Waals surface area contributed by atoms with Gasteiger partial charge in [0.25, 0.3) is 0 Å². The van der Waals surface area contributed by atoms with E-state index in [1.54, 1.807) is 0 Å². The third kappa shape index (κ3) is 2.18. The average molecular weight is 223 g/mol. The molecule has 0 saturated heterocycles. The molecule has 5 nitrogen and oxygen atoms in total. The van der Waals surface area contributed by atoms with Crippen molar-refractivity contribution in [2.45, 2.75) is 38.2 Å². The number of esters is 1. The largest absolute Gasteiger partial charge is 0.459 e. The van der Waals surface area contributed by atoms with Crippen LogP contribution in [0.15, 0.2) is 17.3 Å². The van der Waals surface area contributed by atoms with Crippen molar-refractivity contribution in [3.05, 3.63) is 17.1 Å². The van der Waals surface area contributed by atoms with Gasteiger partial charge >= 0.3 is 11.9 Å². The fourth-order valence-electron chi connectivity index (χ4n) is 2.45. The molecular formula is C11H13NO4. The van der Waals surface area contributed by atoms with Crippen LogP contribution in [0.1, 0.15) is 32.1 Å². The molecule has 0 aromatic heterocycles. The van der Waals surface area contributed by atoms with Crippen molar-refractivity contribution in [3.63, 3.8) is 0 Å². The summed E-state index contributed by atoms with van der Waals surface area (Å²) in [6, 6.07) is 0. The molecule has 1 amide bonds. The number of carbonyl (C=O) groups excluding carboxylic acids is 2. The van der Waals surface area contributed by atoms with Crippen LogP contribution in [0.4, 0.5) is 0 Å². The van der Waals surface area contributed by atoms with E-state index in [2.05, 4.69) is 5.18 Å². The molecule has 0 atom stereocenters. The second kappa shape index (κ2) is 4.15. The molecule has 2 aliphatic carbocycles. The maximum Gasteiger partial charge on any atom is 0.331 e. The number of amides is 1. The molecule has 5 heteroatoms. The molecule has 0 unspecified atom stereocenters. The highest BCUT2D eigenvalue weighted by Crippen LogP contribution is 2.56. The molecule has 0 radical (unpaired) electrons. The number of ether oxygens (including phenoxy) is 1. The quantitative estimate of drug-likeness (QED) is 0.414. The van der Waals surface area contributed by atoms with Crippen molar-refractivity contribution in [3.8, 4) is 0 Å². The van der Waals surface area contributed by atoms with E-state index in [4.69, 9.17) is 4.74 Å². The summed E-state index contributed by atoms with van der Waals surface area (Å²) in [7, 11) is 0. The molecule has 0 bridgehead atoms. The topological polar surface area (TPSA) is 72.8 Å². The molecule has 2 fully saturated rings. The number of hydrogen-bond donors (Lipinski definition) is 0. The van der Waals surface area contributed by atoms with Gasteiger partial charge in [-0.05, 0) is 31.1 Å². The maximum absolute atomic E-state index is 11.2. The van der Waals surface area contributed by atoms with Crippen LogP contribution in [0.5, 0.6) is 0 Å². The van der Waals surface area contributed by atoms with Gasteiger partial charge in [0.05, 0.1) is 0 Å². The number of hydrogen-bond acceptors (Lipinski definition) is 4. The number of rotatable bonds is 3. The highest BCUT2D eigenvalue weighted by molar-refractivity contribution is 5.94. The molecule has 2 saturated carbocycles. The van der Waals surface area contributed by atoms with Crippen molar-refractivity contribution in [2.24, 2.45) is 10.6 Å². The first kappa shape index (κ1) is 11.0. The average Bonchev–Trinajstić information content (AvgIpc) is 2.16. The summed E-state index contributed by atoms with van der Waals surface area (Å²) in [4.78, 5) is 31.4. The molecule has 16 heavy (non-hydrogen) atoms. The fraction of sp³-hybridized carbons (Fsp3) is 0.636. The molecule has 0 heterocycles. The third-order valence-electron chi connectivity index (χ3n) is 3.47. The summed E-state index contributed by atoms with van der Waals surface area (Å²) < 4.78 is 5.09. The molecule has 0 aromatic rings. The number of carbonyl (C=O) groups is 2. The van der Waals surface area contributed by atoms with Crippen LogP contribution in [0, 0.1) is 10.3 Å². The Bertz CT molecular complexity index is 349. The molecule has 0 aromatic carbocycles. The van der Waals surface area contributed by atoms with Crippen molar-refractivity contribution in [1.82, 2.24) is 0 Å². The van der Waals surface area contributed by atoms with Crippen LogP contribution in [0.3, 0.4) is 0 Å². The van der Waals surface area contributed by atoms with Crippen molar-refractivity contribution < 1.29 is 14.3 Å². The summed E-state index contributed by atoms with van der Waals surface area (Å²) in [6.45, 7) is 0. The van der Waals surface area contributed by atoms with Gasteiger partial charge in [-0.15, -0.1) is 4.91 Å². The van der Waals surface area contributed by atoms with Gasteiger partial charge in [0.2, 0.25) is 0 Å². The lowest BCUT2D eigenvalue weighted by molar-refractivity contribution is -0.161. The normalized spacial score (nSPS) is 22.5. The second-order valence-electron chi connectivity index (χ2n) is 4.58. The zero-order valence-electron chi connectivity index (χ0n) is 8.85. The van der Waals surface area contributed by atoms with E-state index in [-0.39, 0.29) is 6.10 Å². The van der Waals surface area contributed by atoms with Crippen molar-refractivity contribution >= 4 is 11.9 Å². The lowest BCUT2D eigenvalue weighted by Crippen LogP contribution is -2.47. The molecular weight excluding hydrogens is 210 g/mol. The Balaban J connectivity index is 1.70. The lowest BCUT2D eigenvalue weighted by atomic mass is 9.55. The summed E-state index contributed by atoms with van der Waals surface area (Å²) >= 11 is 0. The first-order valence-corrected chi connectivity index (χ1v) is 5.40. The van der Waals surface area contributed by atoms with Crippen LogP contribution in [-0.2, 0) is 14.3 Å². The van der Waals surface area contributed by atoms with Gasteiger partial charge in [0, 0.05) is 17.3 Å². The molecule has 1 spiro atoms. The SMILES string of the molecule is O=NC(=O)/C=C/C(=O)OC1CC2(CCC2)C1. The first-order chi connectivity index (χ1) is 7.63. The Kier molecular flexibility index (Phi) is 2.85. The second-order valence-corrected chi connectivity index (χ2v) is 4.58. The number of nitroso groups, excluding NO2 is 1.